The first-order valence-electron chi connectivity index (χ1n) is 3.59. The standard InChI is InChI=1S/C7H12Br2O2/c1-2-3-4-11-7(10)6(9)5-8/h6H,2-5H2,1H3/t6-/m1/s1. The normalized spacial score (nSPS) is 12.6. The summed E-state index contributed by atoms with van der Waals surface area (Å²) in [6.07, 6.45) is 1.99. The first-order chi connectivity index (χ1) is 5.22. The van der Waals surface area contributed by atoms with Crippen LogP contribution in [-0.2, 0) is 9.53 Å². The number of carbonyl (C=O) groups is 1. The molecule has 0 unspecified atom stereocenters. The Bertz CT molecular complexity index is 117. The van der Waals surface area contributed by atoms with E-state index < -0.39 is 0 Å². The van der Waals surface area contributed by atoms with E-state index in [0.717, 1.165) is 12.8 Å². The van der Waals surface area contributed by atoms with Crippen molar-refractivity contribution >= 4 is 37.8 Å². The van der Waals surface area contributed by atoms with Crippen LogP contribution in [0.15, 0.2) is 0 Å². The van der Waals surface area contributed by atoms with Gasteiger partial charge in [-0.25, -0.2) is 0 Å². The number of hydrogen-bond donors (Lipinski definition) is 0. The number of rotatable bonds is 5. The molecule has 0 aromatic heterocycles. The summed E-state index contributed by atoms with van der Waals surface area (Å²) in [4.78, 5) is 10.7. The second-order valence-electron chi connectivity index (χ2n) is 2.14. The molecule has 0 aliphatic carbocycles. The van der Waals surface area contributed by atoms with E-state index in [1.54, 1.807) is 0 Å². The average molecular weight is 288 g/mol. The maximum atomic E-state index is 10.9. The highest BCUT2D eigenvalue weighted by Crippen LogP contribution is 2.05. The molecular weight excluding hydrogens is 276 g/mol. The van der Waals surface area contributed by atoms with Gasteiger partial charge in [0.15, 0.2) is 0 Å². The van der Waals surface area contributed by atoms with Gasteiger partial charge in [0.25, 0.3) is 0 Å². The van der Waals surface area contributed by atoms with Crippen molar-refractivity contribution in [2.24, 2.45) is 0 Å². The number of carbonyl (C=O) groups excluding carboxylic acids is 1. The third-order valence-corrected chi connectivity index (χ3v) is 3.35. The Balaban J connectivity index is 3.36. The van der Waals surface area contributed by atoms with Crippen LogP contribution in [0.1, 0.15) is 19.8 Å². The Morgan fingerprint density at radius 2 is 2.27 bits per heavy atom. The minimum Gasteiger partial charge on any atom is -0.465 e. The molecule has 0 aliphatic heterocycles. The fourth-order valence-electron chi connectivity index (χ4n) is 0.471. The Kier molecular flexibility index (Phi) is 7.38. The number of unbranched alkanes of at least 4 members (excludes halogenated alkanes) is 1. The third kappa shape index (κ3) is 5.67. The summed E-state index contributed by atoms with van der Waals surface area (Å²) in [5.41, 5.74) is 0. The molecule has 4 heteroatoms. The lowest BCUT2D eigenvalue weighted by Gasteiger charge is -2.05. The fraction of sp³-hybridized carbons (Fsp3) is 0.857. The first kappa shape index (κ1) is 11.4. The Labute approximate surface area is 83.9 Å². The highest BCUT2D eigenvalue weighted by Gasteiger charge is 2.13. The maximum absolute atomic E-state index is 10.9. The summed E-state index contributed by atoms with van der Waals surface area (Å²) in [6.45, 7) is 2.59. The van der Waals surface area contributed by atoms with Gasteiger partial charge in [-0.05, 0) is 6.42 Å². The predicted molar refractivity (Wildman–Crippen MR) is 52.4 cm³/mol. The number of ether oxygens (including phenoxy) is 1. The minimum absolute atomic E-state index is 0.185. The van der Waals surface area contributed by atoms with E-state index in [-0.39, 0.29) is 10.8 Å². The van der Waals surface area contributed by atoms with Crippen LogP contribution < -0.4 is 0 Å². The van der Waals surface area contributed by atoms with Crippen LogP contribution in [0.5, 0.6) is 0 Å². The van der Waals surface area contributed by atoms with Gasteiger partial charge >= 0.3 is 5.97 Å². The SMILES string of the molecule is CCCCOC(=O)[C@H](Br)CBr. The molecule has 0 aromatic rings. The first-order valence-corrected chi connectivity index (χ1v) is 5.62. The predicted octanol–water partition coefficient (Wildman–Crippen LogP) is 2.49. The minimum atomic E-state index is -0.209. The van der Waals surface area contributed by atoms with E-state index >= 15 is 0 Å². The van der Waals surface area contributed by atoms with Gasteiger partial charge < -0.3 is 4.74 Å². The molecule has 2 nitrogen and oxygen atoms in total. The van der Waals surface area contributed by atoms with Crippen LogP contribution in [0.4, 0.5) is 0 Å². The summed E-state index contributed by atoms with van der Waals surface area (Å²) in [5, 5.41) is 0.595. The van der Waals surface area contributed by atoms with E-state index in [2.05, 4.69) is 38.8 Å². The van der Waals surface area contributed by atoms with Crippen LogP contribution in [0.2, 0.25) is 0 Å². The number of halogens is 2. The number of esters is 1. The average Bonchev–Trinajstić information content (AvgIpc) is 2.03. The topological polar surface area (TPSA) is 26.3 Å². The maximum Gasteiger partial charge on any atom is 0.320 e. The van der Waals surface area contributed by atoms with Crippen LogP contribution in [0, 0.1) is 0 Å². The van der Waals surface area contributed by atoms with E-state index in [1.165, 1.54) is 0 Å². The monoisotopic (exact) mass is 286 g/mol. The molecule has 0 N–H and O–H groups in total. The smallest absolute Gasteiger partial charge is 0.320 e. The lowest BCUT2D eigenvalue weighted by molar-refractivity contribution is -0.142. The molecule has 0 spiro atoms. The second kappa shape index (κ2) is 7.10. The molecule has 0 radical (unpaired) electrons. The third-order valence-electron chi connectivity index (χ3n) is 1.13. The van der Waals surface area contributed by atoms with Gasteiger partial charge in [0, 0.05) is 5.33 Å². The molecule has 66 valence electrons. The summed E-state index contributed by atoms with van der Waals surface area (Å²) >= 11 is 6.35. The lowest BCUT2D eigenvalue weighted by atomic mass is 10.4. The molecule has 1 atom stereocenters. The zero-order valence-corrected chi connectivity index (χ0v) is 9.65. The van der Waals surface area contributed by atoms with Crippen LogP contribution in [-0.4, -0.2) is 22.7 Å². The van der Waals surface area contributed by atoms with Gasteiger partial charge in [0.1, 0.15) is 4.83 Å². The van der Waals surface area contributed by atoms with E-state index in [0.29, 0.717) is 11.9 Å². The molecule has 0 saturated heterocycles. The lowest BCUT2D eigenvalue weighted by Crippen LogP contribution is -2.18. The van der Waals surface area contributed by atoms with Crippen LogP contribution in [0.25, 0.3) is 0 Å². The summed E-state index contributed by atoms with van der Waals surface area (Å²) < 4.78 is 4.92. The quantitative estimate of drug-likeness (QED) is 0.441. The molecule has 0 saturated carbocycles. The van der Waals surface area contributed by atoms with Crippen molar-refractivity contribution in [3.8, 4) is 0 Å². The van der Waals surface area contributed by atoms with Gasteiger partial charge in [0.05, 0.1) is 6.61 Å². The fourth-order valence-corrected chi connectivity index (χ4v) is 0.867. The Hall–Kier alpha value is 0.430. The van der Waals surface area contributed by atoms with Gasteiger partial charge in [-0.15, -0.1) is 0 Å². The number of alkyl halides is 2. The molecule has 0 rings (SSSR count). The van der Waals surface area contributed by atoms with Gasteiger partial charge in [-0.2, -0.15) is 0 Å². The van der Waals surface area contributed by atoms with Gasteiger partial charge in [-0.3, -0.25) is 4.79 Å². The van der Waals surface area contributed by atoms with Crippen molar-refractivity contribution in [1.82, 2.24) is 0 Å². The number of hydrogen-bond acceptors (Lipinski definition) is 2. The highest BCUT2D eigenvalue weighted by molar-refractivity contribution is 9.12. The molecule has 11 heavy (non-hydrogen) atoms. The second-order valence-corrected chi connectivity index (χ2v) is 3.90. The summed E-state index contributed by atoms with van der Waals surface area (Å²) in [7, 11) is 0. The van der Waals surface area contributed by atoms with Crippen molar-refractivity contribution in [3.63, 3.8) is 0 Å². The summed E-state index contributed by atoms with van der Waals surface area (Å²) in [5.74, 6) is -0.185. The van der Waals surface area contributed by atoms with E-state index in [4.69, 9.17) is 4.74 Å². The molecule has 0 bridgehead atoms. The van der Waals surface area contributed by atoms with Crippen molar-refractivity contribution in [1.29, 1.82) is 0 Å². The van der Waals surface area contributed by atoms with Crippen molar-refractivity contribution in [3.05, 3.63) is 0 Å². The largest absolute Gasteiger partial charge is 0.465 e. The Morgan fingerprint density at radius 3 is 2.73 bits per heavy atom. The molecule has 0 amide bonds. The molecule has 0 aliphatic rings. The molecular formula is C7H12Br2O2. The molecule has 0 fully saturated rings. The summed E-state index contributed by atoms with van der Waals surface area (Å²) in [6, 6.07) is 0. The van der Waals surface area contributed by atoms with Crippen molar-refractivity contribution < 1.29 is 9.53 Å². The molecule has 0 aromatic carbocycles. The van der Waals surface area contributed by atoms with Crippen LogP contribution >= 0.6 is 31.9 Å². The zero-order chi connectivity index (χ0) is 8.69. The van der Waals surface area contributed by atoms with Gasteiger partial charge in [-0.1, -0.05) is 45.2 Å². The zero-order valence-electron chi connectivity index (χ0n) is 6.48. The van der Waals surface area contributed by atoms with Crippen molar-refractivity contribution in [2.45, 2.75) is 24.6 Å². The van der Waals surface area contributed by atoms with Crippen LogP contribution in [0.3, 0.4) is 0 Å². The van der Waals surface area contributed by atoms with E-state index in [1.807, 2.05) is 0 Å². The Morgan fingerprint density at radius 1 is 1.64 bits per heavy atom. The van der Waals surface area contributed by atoms with Crippen molar-refractivity contribution in [2.75, 3.05) is 11.9 Å². The highest BCUT2D eigenvalue weighted by atomic mass is 79.9. The van der Waals surface area contributed by atoms with E-state index in [9.17, 15) is 4.79 Å². The van der Waals surface area contributed by atoms with Gasteiger partial charge in [0.2, 0.25) is 0 Å². The molecule has 0 heterocycles.